The van der Waals surface area contributed by atoms with Crippen molar-refractivity contribution >= 4 is 29.6 Å². The molecule has 0 heterocycles. The number of nitrogens with zero attached hydrogens (tertiary/aromatic N) is 1. The quantitative estimate of drug-likeness (QED) is 0.269. The van der Waals surface area contributed by atoms with Crippen molar-refractivity contribution in [2.75, 3.05) is 18.5 Å². The van der Waals surface area contributed by atoms with Gasteiger partial charge in [-0.15, -0.1) is 6.58 Å². The maximum atomic E-state index is 12.2. The molecule has 0 saturated carbocycles. The van der Waals surface area contributed by atoms with Crippen LogP contribution in [0, 0.1) is 13.8 Å². The van der Waals surface area contributed by atoms with Gasteiger partial charge in [-0.05, 0) is 49.2 Å². The zero-order valence-electron chi connectivity index (χ0n) is 16.9. The second kappa shape index (κ2) is 11.2. The number of nitrogens with one attached hydrogen (secondary N) is 3. The number of ether oxygens (including phenoxy) is 1. The Morgan fingerprint density at radius 2 is 1.83 bits per heavy atom. The van der Waals surface area contributed by atoms with Crippen LogP contribution in [0.1, 0.15) is 16.7 Å². The van der Waals surface area contributed by atoms with Crippen molar-refractivity contribution in [2.45, 2.75) is 13.8 Å². The van der Waals surface area contributed by atoms with Crippen LogP contribution in [-0.4, -0.2) is 37.1 Å². The summed E-state index contributed by atoms with van der Waals surface area (Å²) in [6, 6.07) is 12.5. The summed E-state index contributed by atoms with van der Waals surface area (Å²) in [7, 11) is 0. The molecule has 8 nitrogen and oxygen atoms in total. The van der Waals surface area contributed by atoms with Crippen LogP contribution >= 0.6 is 0 Å². The fourth-order valence-corrected chi connectivity index (χ4v) is 2.33. The number of hydrogen-bond donors (Lipinski definition) is 3. The highest BCUT2D eigenvalue weighted by Crippen LogP contribution is 2.17. The van der Waals surface area contributed by atoms with E-state index in [0.29, 0.717) is 17.0 Å². The van der Waals surface area contributed by atoms with Gasteiger partial charge in [0.25, 0.3) is 5.91 Å². The first-order valence-electron chi connectivity index (χ1n) is 9.21. The molecular formula is C22H24N4O4. The van der Waals surface area contributed by atoms with Crippen LogP contribution in [0.15, 0.2) is 60.2 Å². The standard InChI is InChI=1S/C22H24N4O4/c1-4-11-23-21(28)22(29)26-24-13-17-7-5-6-8-19(17)30-14-20(27)25-18-10-9-15(2)16(3)12-18/h4-10,12-13H,1,11,14H2,2-3H3,(H,23,28)(H,25,27)(H,26,29)/b24-13+. The van der Waals surface area contributed by atoms with E-state index in [1.165, 1.54) is 12.3 Å². The van der Waals surface area contributed by atoms with Crippen molar-refractivity contribution in [1.82, 2.24) is 10.7 Å². The summed E-state index contributed by atoms with van der Waals surface area (Å²) in [5.74, 6) is -1.63. The highest BCUT2D eigenvalue weighted by atomic mass is 16.5. The summed E-state index contributed by atoms with van der Waals surface area (Å²) in [4.78, 5) is 35.2. The lowest BCUT2D eigenvalue weighted by Gasteiger charge is -2.10. The van der Waals surface area contributed by atoms with Gasteiger partial charge in [0.05, 0.1) is 6.21 Å². The Balaban J connectivity index is 1.92. The first-order valence-corrected chi connectivity index (χ1v) is 9.21. The number of para-hydroxylation sites is 1. The molecule has 0 aromatic heterocycles. The third kappa shape index (κ3) is 6.90. The Labute approximate surface area is 175 Å². The molecule has 0 aliphatic carbocycles. The summed E-state index contributed by atoms with van der Waals surface area (Å²) in [6.45, 7) is 7.39. The zero-order chi connectivity index (χ0) is 21.9. The molecule has 0 aliphatic heterocycles. The van der Waals surface area contributed by atoms with Gasteiger partial charge < -0.3 is 15.4 Å². The summed E-state index contributed by atoms with van der Waals surface area (Å²) in [6.07, 6.45) is 2.79. The number of rotatable bonds is 8. The van der Waals surface area contributed by atoms with Gasteiger partial charge in [-0.25, -0.2) is 5.43 Å². The average molecular weight is 408 g/mol. The number of hydrazone groups is 1. The molecule has 3 N–H and O–H groups in total. The lowest BCUT2D eigenvalue weighted by atomic mass is 10.1. The van der Waals surface area contributed by atoms with Crippen LogP contribution in [0.5, 0.6) is 5.75 Å². The van der Waals surface area contributed by atoms with Crippen LogP contribution in [0.25, 0.3) is 0 Å². The molecule has 0 saturated heterocycles. The molecule has 0 atom stereocenters. The van der Waals surface area contributed by atoms with E-state index in [9.17, 15) is 14.4 Å². The number of amides is 3. The molecule has 3 amide bonds. The molecule has 0 radical (unpaired) electrons. The molecule has 0 unspecified atom stereocenters. The Kier molecular flexibility index (Phi) is 8.31. The van der Waals surface area contributed by atoms with Crippen molar-refractivity contribution in [1.29, 1.82) is 0 Å². The Bertz CT molecular complexity index is 969. The topological polar surface area (TPSA) is 109 Å². The summed E-state index contributed by atoms with van der Waals surface area (Å²) in [5, 5.41) is 8.87. The summed E-state index contributed by atoms with van der Waals surface area (Å²) in [5.41, 5.74) is 5.57. The Morgan fingerprint density at radius 1 is 1.07 bits per heavy atom. The average Bonchev–Trinajstić information content (AvgIpc) is 2.73. The van der Waals surface area contributed by atoms with E-state index in [-0.39, 0.29) is 19.1 Å². The van der Waals surface area contributed by atoms with Gasteiger partial charge in [0.1, 0.15) is 5.75 Å². The number of benzene rings is 2. The first-order chi connectivity index (χ1) is 14.4. The number of aryl methyl sites for hydroxylation is 2. The van der Waals surface area contributed by atoms with Gasteiger partial charge in [0, 0.05) is 17.8 Å². The third-order valence-corrected chi connectivity index (χ3v) is 4.05. The third-order valence-electron chi connectivity index (χ3n) is 4.05. The number of carbonyl (C=O) groups excluding carboxylic acids is 3. The molecule has 0 bridgehead atoms. The predicted octanol–water partition coefficient (Wildman–Crippen LogP) is 2.07. The second-order valence-electron chi connectivity index (χ2n) is 6.37. The van der Waals surface area contributed by atoms with Crippen molar-refractivity contribution < 1.29 is 19.1 Å². The van der Waals surface area contributed by atoms with E-state index in [1.807, 2.05) is 32.0 Å². The van der Waals surface area contributed by atoms with Crippen molar-refractivity contribution in [3.63, 3.8) is 0 Å². The minimum Gasteiger partial charge on any atom is -0.483 e. The second-order valence-corrected chi connectivity index (χ2v) is 6.37. The molecule has 2 aromatic rings. The van der Waals surface area contributed by atoms with Crippen LogP contribution < -0.4 is 20.8 Å². The van der Waals surface area contributed by atoms with Crippen molar-refractivity contribution in [2.24, 2.45) is 5.10 Å². The normalized spacial score (nSPS) is 10.3. The summed E-state index contributed by atoms with van der Waals surface area (Å²) >= 11 is 0. The molecule has 0 spiro atoms. The number of carbonyl (C=O) groups is 3. The van der Waals surface area contributed by atoms with Gasteiger partial charge in [-0.2, -0.15) is 5.10 Å². The molecular weight excluding hydrogens is 384 g/mol. The monoisotopic (exact) mass is 408 g/mol. The minimum atomic E-state index is -0.903. The van der Waals surface area contributed by atoms with E-state index in [4.69, 9.17) is 4.74 Å². The van der Waals surface area contributed by atoms with Crippen LogP contribution in [-0.2, 0) is 14.4 Å². The fourth-order valence-electron chi connectivity index (χ4n) is 2.33. The fraction of sp³-hybridized carbons (Fsp3) is 0.182. The maximum absolute atomic E-state index is 12.2. The van der Waals surface area contributed by atoms with E-state index in [0.717, 1.165) is 11.1 Å². The molecule has 2 aromatic carbocycles. The molecule has 0 fully saturated rings. The smallest absolute Gasteiger partial charge is 0.329 e. The van der Waals surface area contributed by atoms with E-state index < -0.39 is 11.8 Å². The lowest BCUT2D eigenvalue weighted by Crippen LogP contribution is -2.37. The van der Waals surface area contributed by atoms with Crippen LogP contribution in [0.3, 0.4) is 0 Å². The number of anilines is 1. The van der Waals surface area contributed by atoms with Crippen LogP contribution in [0.4, 0.5) is 5.69 Å². The van der Waals surface area contributed by atoms with E-state index in [1.54, 1.807) is 24.3 Å². The molecule has 2 rings (SSSR count). The van der Waals surface area contributed by atoms with Gasteiger partial charge in [0.2, 0.25) is 0 Å². The van der Waals surface area contributed by atoms with Crippen LogP contribution in [0.2, 0.25) is 0 Å². The molecule has 0 aliphatic rings. The van der Waals surface area contributed by atoms with Crippen molar-refractivity contribution in [3.05, 3.63) is 71.8 Å². The summed E-state index contributed by atoms with van der Waals surface area (Å²) < 4.78 is 5.58. The van der Waals surface area contributed by atoms with Gasteiger partial charge in [-0.1, -0.05) is 24.3 Å². The largest absolute Gasteiger partial charge is 0.483 e. The molecule has 30 heavy (non-hydrogen) atoms. The highest BCUT2D eigenvalue weighted by molar-refractivity contribution is 6.35. The Morgan fingerprint density at radius 3 is 2.57 bits per heavy atom. The molecule has 156 valence electrons. The molecule has 8 heteroatoms. The van der Waals surface area contributed by atoms with Gasteiger partial charge in [0.15, 0.2) is 6.61 Å². The first kappa shape index (κ1) is 22.4. The van der Waals surface area contributed by atoms with Gasteiger partial charge in [-0.3, -0.25) is 14.4 Å². The lowest BCUT2D eigenvalue weighted by molar-refractivity contribution is -0.139. The number of hydrogen-bond acceptors (Lipinski definition) is 5. The predicted molar refractivity (Wildman–Crippen MR) is 115 cm³/mol. The maximum Gasteiger partial charge on any atom is 0.329 e. The van der Waals surface area contributed by atoms with Gasteiger partial charge >= 0.3 is 11.8 Å². The SMILES string of the molecule is C=CCNC(=O)C(=O)N/N=C/c1ccccc1OCC(=O)Nc1ccc(C)c(C)c1. The van der Waals surface area contributed by atoms with E-state index >= 15 is 0 Å². The van der Waals surface area contributed by atoms with E-state index in [2.05, 4.69) is 27.7 Å². The van der Waals surface area contributed by atoms with Crippen molar-refractivity contribution in [3.8, 4) is 5.75 Å². The minimum absolute atomic E-state index is 0.177. The zero-order valence-corrected chi connectivity index (χ0v) is 16.9. The highest BCUT2D eigenvalue weighted by Gasteiger charge is 2.11. The Hall–Kier alpha value is -3.94.